The maximum Gasteiger partial charge on any atom is 0.352 e. The molecule has 9 heteroatoms. The molecule has 2 aliphatic carbocycles. The average Bonchev–Trinajstić information content (AvgIpc) is 3.48. The van der Waals surface area contributed by atoms with Gasteiger partial charge in [0.05, 0.1) is 22.3 Å². The number of hydrogen-bond donors (Lipinski definition) is 1. The van der Waals surface area contributed by atoms with Crippen molar-refractivity contribution in [3.8, 4) is 5.75 Å². The highest BCUT2D eigenvalue weighted by Crippen LogP contribution is 2.64. The number of likely N-dealkylation sites (tertiary alicyclic amines) is 1. The summed E-state index contributed by atoms with van der Waals surface area (Å²) in [5, 5.41) is 12.3. The Labute approximate surface area is 310 Å². The third kappa shape index (κ3) is 8.36. The number of ether oxygens (including phenoxy) is 4. The zero-order valence-corrected chi connectivity index (χ0v) is 32.0. The largest absolute Gasteiger partial charge is 0.484 e. The average molecular weight is 720 g/mol. The number of hydrogen-bond acceptors (Lipinski definition) is 9. The molecule has 0 radical (unpaired) electrons. The molecule has 286 valence electrons. The second kappa shape index (κ2) is 18.1. The Hall–Kier alpha value is -3.43. The lowest BCUT2D eigenvalue weighted by molar-refractivity contribution is -0.177. The van der Waals surface area contributed by atoms with Gasteiger partial charge in [0, 0.05) is 24.4 Å². The van der Waals surface area contributed by atoms with Gasteiger partial charge in [-0.3, -0.25) is 4.79 Å². The summed E-state index contributed by atoms with van der Waals surface area (Å²) >= 11 is 0. The Morgan fingerprint density at radius 1 is 0.981 bits per heavy atom. The number of piperidine rings is 1. The third-order valence-electron chi connectivity index (χ3n) is 11.8. The van der Waals surface area contributed by atoms with Crippen LogP contribution in [0.2, 0.25) is 0 Å². The summed E-state index contributed by atoms with van der Waals surface area (Å²) in [4.78, 5) is 40.4. The van der Waals surface area contributed by atoms with Crippen LogP contribution in [0, 0.1) is 0 Å². The Morgan fingerprint density at radius 2 is 1.63 bits per heavy atom. The van der Waals surface area contributed by atoms with Gasteiger partial charge in [0.1, 0.15) is 11.5 Å². The summed E-state index contributed by atoms with van der Waals surface area (Å²) in [6.07, 6.45) is 22.3. The molecular weight excluding hydrogens is 658 g/mol. The molecule has 2 heterocycles. The van der Waals surface area contributed by atoms with Crippen LogP contribution in [0.15, 0.2) is 48.5 Å². The van der Waals surface area contributed by atoms with E-state index in [-0.39, 0.29) is 18.2 Å². The molecular formula is C43H61NO8. The summed E-state index contributed by atoms with van der Waals surface area (Å²) in [7, 11) is 2.01. The summed E-state index contributed by atoms with van der Waals surface area (Å²) < 4.78 is 23.6. The van der Waals surface area contributed by atoms with E-state index in [0.29, 0.717) is 42.9 Å². The number of benzene rings is 1. The first-order valence-corrected chi connectivity index (χ1v) is 19.9. The first-order valence-electron chi connectivity index (χ1n) is 19.9. The normalized spacial score (nSPS) is 25.4. The molecule has 1 N–H and O–H groups in total. The second-order valence-electron chi connectivity index (χ2n) is 15.4. The number of aldehydes is 1. The first kappa shape index (κ1) is 39.8. The van der Waals surface area contributed by atoms with Gasteiger partial charge in [-0.2, -0.15) is 0 Å². The van der Waals surface area contributed by atoms with Crippen molar-refractivity contribution in [2.24, 2.45) is 0 Å². The summed E-state index contributed by atoms with van der Waals surface area (Å²) in [5.41, 5.74) is 0.249. The van der Waals surface area contributed by atoms with Crippen LogP contribution in [0.4, 0.5) is 0 Å². The lowest BCUT2D eigenvalue weighted by atomic mass is 9.50. The van der Waals surface area contributed by atoms with E-state index in [2.05, 4.69) is 30.6 Å². The van der Waals surface area contributed by atoms with Gasteiger partial charge in [-0.05, 0) is 90.1 Å². The molecule has 0 saturated carbocycles. The molecule has 4 aliphatic rings. The minimum Gasteiger partial charge on any atom is -0.484 e. The van der Waals surface area contributed by atoms with E-state index in [4.69, 9.17) is 18.9 Å². The van der Waals surface area contributed by atoms with Crippen LogP contribution in [0.5, 0.6) is 5.75 Å². The zero-order valence-electron chi connectivity index (χ0n) is 32.0. The predicted octanol–water partition coefficient (Wildman–Crippen LogP) is 8.21. The molecule has 9 nitrogen and oxygen atoms in total. The maximum atomic E-state index is 13.3. The third-order valence-corrected chi connectivity index (χ3v) is 11.8. The molecule has 1 aromatic rings. The fraction of sp³-hybridized carbons (Fsp3) is 0.651. The highest BCUT2D eigenvalue weighted by Gasteiger charge is 2.72. The molecule has 0 aromatic heterocycles. The van der Waals surface area contributed by atoms with E-state index in [1.807, 2.05) is 13.1 Å². The van der Waals surface area contributed by atoms with Crippen molar-refractivity contribution < 1.29 is 38.4 Å². The summed E-state index contributed by atoms with van der Waals surface area (Å²) in [6.45, 7) is 10.0. The van der Waals surface area contributed by atoms with Crippen molar-refractivity contribution in [2.75, 3.05) is 13.6 Å². The van der Waals surface area contributed by atoms with E-state index in [1.54, 1.807) is 19.1 Å². The molecule has 1 aromatic carbocycles. The van der Waals surface area contributed by atoms with Crippen LogP contribution in [-0.2, 0) is 35.6 Å². The number of rotatable bonds is 22. The topological polar surface area (TPSA) is 112 Å². The van der Waals surface area contributed by atoms with E-state index in [9.17, 15) is 19.5 Å². The maximum absolute atomic E-state index is 13.3. The van der Waals surface area contributed by atoms with Crippen molar-refractivity contribution in [3.05, 3.63) is 65.1 Å². The van der Waals surface area contributed by atoms with Gasteiger partial charge in [0.25, 0.3) is 0 Å². The SMILES string of the molecule is C=C(CCCCCCC/C=C\CCCCCCCC)O[C@@H](C)C(=O)O[C@@H](C)C(=O)OC1=CC[C@@]2(O)[C@H]3Cc4ccc(C=O)c5c4[C@@]2(CCN3C)[C@H]1O5. The molecule has 2 aliphatic heterocycles. The number of nitrogens with zero attached hydrogens (tertiary/aromatic N) is 1. The monoisotopic (exact) mass is 719 g/mol. The van der Waals surface area contributed by atoms with Gasteiger partial charge in [0.15, 0.2) is 24.6 Å². The van der Waals surface area contributed by atoms with Gasteiger partial charge in [-0.25, -0.2) is 9.59 Å². The number of carbonyl (C=O) groups excluding carboxylic acids is 3. The predicted molar refractivity (Wildman–Crippen MR) is 201 cm³/mol. The van der Waals surface area contributed by atoms with Crippen molar-refractivity contribution >= 4 is 18.2 Å². The van der Waals surface area contributed by atoms with E-state index in [1.165, 1.54) is 64.7 Å². The fourth-order valence-electron chi connectivity index (χ4n) is 8.83. The van der Waals surface area contributed by atoms with Gasteiger partial charge >= 0.3 is 11.9 Å². The van der Waals surface area contributed by atoms with Crippen molar-refractivity contribution in [2.45, 2.75) is 165 Å². The standard InChI is InChI=1S/C43H61NO8/c1-6-7-8-9-10-11-12-13-14-15-16-17-18-19-20-21-30(2)49-31(3)40(46)50-32(4)41(47)51-35-24-25-43(48)36-28-33-22-23-34(29-45)38-37(33)42(43,39(35)52-38)26-27-44(36)5/h13-14,22-24,29,31-32,36,39,48H,2,6-12,15-21,25-28H2,1,3-5H3/b14-13-/t31-,32-,36+,39-,42-,43+/m0/s1. The van der Waals surface area contributed by atoms with Gasteiger partial charge in [-0.15, -0.1) is 0 Å². The Balaban J connectivity index is 1.03. The minimum absolute atomic E-state index is 0.158. The molecule has 0 unspecified atom stereocenters. The van der Waals surface area contributed by atoms with Crippen LogP contribution in [0.25, 0.3) is 0 Å². The van der Waals surface area contributed by atoms with Crippen LogP contribution in [0.1, 0.15) is 145 Å². The Morgan fingerprint density at radius 3 is 2.33 bits per heavy atom. The number of carbonyl (C=O) groups is 3. The van der Waals surface area contributed by atoms with Crippen molar-refractivity contribution in [1.82, 2.24) is 4.90 Å². The smallest absolute Gasteiger partial charge is 0.352 e. The van der Waals surface area contributed by atoms with Crippen molar-refractivity contribution in [3.63, 3.8) is 0 Å². The highest BCUT2D eigenvalue weighted by atomic mass is 16.6. The quantitative estimate of drug-likeness (QED) is 0.0417. The zero-order chi connectivity index (χ0) is 37.3. The minimum atomic E-state index is -1.21. The molecule has 52 heavy (non-hydrogen) atoms. The second-order valence-corrected chi connectivity index (χ2v) is 15.4. The van der Waals surface area contributed by atoms with Crippen LogP contribution in [-0.4, -0.2) is 71.8 Å². The summed E-state index contributed by atoms with van der Waals surface area (Å²) in [6, 6.07) is 3.54. The Kier molecular flexibility index (Phi) is 13.8. The molecule has 6 atom stereocenters. The fourth-order valence-corrected chi connectivity index (χ4v) is 8.83. The molecule has 1 spiro atoms. The van der Waals surface area contributed by atoms with Crippen LogP contribution >= 0.6 is 0 Å². The molecule has 0 amide bonds. The number of likely N-dealkylation sites (N-methyl/N-ethyl adjacent to an activating group) is 1. The van der Waals surface area contributed by atoms with E-state index >= 15 is 0 Å². The molecule has 5 rings (SSSR count). The summed E-state index contributed by atoms with van der Waals surface area (Å²) in [5.74, 6) is -0.200. The molecule has 1 saturated heterocycles. The lowest BCUT2D eigenvalue weighted by Gasteiger charge is -2.61. The van der Waals surface area contributed by atoms with Gasteiger partial charge in [0.2, 0.25) is 0 Å². The number of esters is 2. The van der Waals surface area contributed by atoms with Gasteiger partial charge in [-0.1, -0.05) is 83.1 Å². The van der Waals surface area contributed by atoms with Gasteiger partial charge < -0.3 is 29.0 Å². The Bertz CT molecular complexity index is 1500. The molecule has 2 bridgehead atoms. The van der Waals surface area contributed by atoms with Crippen molar-refractivity contribution in [1.29, 1.82) is 0 Å². The number of unbranched alkanes of at least 4 members (excludes halogenated alkanes) is 11. The first-order chi connectivity index (χ1) is 25.1. The van der Waals surface area contributed by atoms with E-state index < -0.39 is 41.3 Å². The number of allylic oxidation sites excluding steroid dienone is 3. The molecule has 1 fully saturated rings. The highest BCUT2D eigenvalue weighted by molar-refractivity contribution is 5.84. The van der Waals surface area contributed by atoms with Crippen LogP contribution in [0.3, 0.4) is 0 Å². The number of aliphatic hydroxyl groups is 1. The lowest BCUT2D eigenvalue weighted by Crippen LogP contribution is -2.74. The van der Waals surface area contributed by atoms with Crippen LogP contribution < -0.4 is 4.74 Å². The van der Waals surface area contributed by atoms with E-state index in [0.717, 1.165) is 43.1 Å².